The molecular formula is C15H27N5. The Balaban J connectivity index is 1.76. The molecule has 5 nitrogen and oxygen atoms in total. The van der Waals surface area contributed by atoms with E-state index in [0.29, 0.717) is 24.7 Å². The van der Waals surface area contributed by atoms with E-state index >= 15 is 0 Å². The summed E-state index contributed by atoms with van der Waals surface area (Å²) in [6.45, 7) is 2.95. The largest absolute Gasteiger partial charge is 0.330 e. The van der Waals surface area contributed by atoms with Gasteiger partial charge in [-0.15, -0.1) is 0 Å². The van der Waals surface area contributed by atoms with E-state index in [9.17, 15) is 0 Å². The van der Waals surface area contributed by atoms with Crippen LogP contribution in [0.25, 0.3) is 0 Å². The molecule has 112 valence electrons. The highest BCUT2D eigenvalue weighted by atomic mass is 15.3. The second kappa shape index (κ2) is 5.84. The molecule has 2 fully saturated rings. The summed E-state index contributed by atoms with van der Waals surface area (Å²) in [4.78, 5) is 9.28. The van der Waals surface area contributed by atoms with Crippen molar-refractivity contribution >= 4 is 0 Å². The molecule has 1 aliphatic carbocycles. The number of likely N-dealkylation sites (tertiary alicyclic amines) is 1. The molecule has 1 aromatic heterocycles. The predicted octanol–water partition coefficient (Wildman–Crippen LogP) is 1.24. The third kappa shape index (κ3) is 2.75. The van der Waals surface area contributed by atoms with Crippen LogP contribution in [0.4, 0.5) is 0 Å². The number of hydrogen-bond acceptors (Lipinski definition) is 4. The summed E-state index contributed by atoms with van der Waals surface area (Å²) in [5, 5.41) is 0. The van der Waals surface area contributed by atoms with Gasteiger partial charge in [0.1, 0.15) is 0 Å². The van der Waals surface area contributed by atoms with Gasteiger partial charge >= 0.3 is 0 Å². The maximum atomic E-state index is 6.11. The molecule has 5 heteroatoms. The number of likely N-dealkylation sites (N-methyl/N-ethyl adjacent to an activating group) is 1. The zero-order chi connectivity index (χ0) is 14.1. The predicted molar refractivity (Wildman–Crippen MR) is 80.6 cm³/mol. The molecule has 1 aliphatic heterocycles. The minimum Gasteiger partial charge on any atom is -0.330 e. The van der Waals surface area contributed by atoms with E-state index in [0.717, 1.165) is 13.1 Å². The van der Waals surface area contributed by atoms with Gasteiger partial charge in [0.05, 0.1) is 18.1 Å². The van der Waals surface area contributed by atoms with Crippen molar-refractivity contribution in [1.82, 2.24) is 19.4 Å². The lowest BCUT2D eigenvalue weighted by Crippen LogP contribution is -2.48. The standard InChI is InChI=1S/C15H27N5/c1-18(2)13-4-3-7-19(10-13)14(8-16)15-9-17-11-20(15)12-5-6-12/h9,11-14H,3-8,10,16H2,1-2H3. The van der Waals surface area contributed by atoms with E-state index < -0.39 is 0 Å². The van der Waals surface area contributed by atoms with Crippen LogP contribution in [-0.2, 0) is 0 Å². The van der Waals surface area contributed by atoms with Crippen LogP contribution >= 0.6 is 0 Å². The second-order valence-corrected chi connectivity index (χ2v) is 6.46. The fourth-order valence-corrected chi connectivity index (χ4v) is 3.38. The van der Waals surface area contributed by atoms with Crippen LogP contribution < -0.4 is 5.73 Å². The Morgan fingerprint density at radius 3 is 2.85 bits per heavy atom. The van der Waals surface area contributed by atoms with E-state index in [4.69, 9.17) is 5.73 Å². The lowest BCUT2D eigenvalue weighted by atomic mass is 10.0. The van der Waals surface area contributed by atoms with Gasteiger partial charge in [0, 0.05) is 31.4 Å². The van der Waals surface area contributed by atoms with Gasteiger partial charge in [-0.3, -0.25) is 4.90 Å². The van der Waals surface area contributed by atoms with E-state index in [1.54, 1.807) is 0 Å². The van der Waals surface area contributed by atoms with Gasteiger partial charge in [-0.1, -0.05) is 0 Å². The fourth-order valence-electron chi connectivity index (χ4n) is 3.38. The number of nitrogens with two attached hydrogens (primary N) is 1. The zero-order valence-corrected chi connectivity index (χ0v) is 12.7. The summed E-state index contributed by atoms with van der Waals surface area (Å²) in [6.07, 6.45) is 9.15. The SMILES string of the molecule is CN(C)C1CCCN(C(CN)c2cncn2C2CC2)C1. The summed E-state index contributed by atoms with van der Waals surface area (Å²) in [7, 11) is 4.36. The number of nitrogens with zero attached hydrogens (tertiary/aromatic N) is 4. The third-order valence-corrected chi connectivity index (χ3v) is 4.80. The molecule has 1 saturated carbocycles. The van der Waals surface area contributed by atoms with Crippen LogP contribution in [0.15, 0.2) is 12.5 Å². The molecule has 3 rings (SSSR count). The number of hydrogen-bond donors (Lipinski definition) is 1. The molecule has 20 heavy (non-hydrogen) atoms. The first kappa shape index (κ1) is 14.0. The fraction of sp³-hybridized carbons (Fsp3) is 0.800. The smallest absolute Gasteiger partial charge is 0.0951 e. The Hall–Kier alpha value is -0.910. The van der Waals surface area contributed by atoms with E-state index in [1.807, 2.05) is 12.5 Å². The first-order valence-corrected chi connectivity index (χ1v) is 7.83. The normalized spacial score (nSPS) is 26.1. The second-order valence-electron chi connectivity index (χ2n) is 6.46. The van der Waals surface area contributed by atoms with Gasteiger partial charge in [0.15, 0.2) is 0 Å². The van der Waals surface area contributed by atoms with Crippen LogP contribution in [0, 0.1) is 0 Å². The molecule has 1 aromatic rings. The Bertz CT molecular complexity index is 437. The molecule has 0 amide bonds. The molecular weight excluding hydrogens is 250 g/mol. The minimum atomic E-state index is 0.320. The Morgan fingerprint density at radius 1 is 1.40 bits per heavy atom. The molecule has 0 radical (unpaired) electrons. The van der Waals surface area contributed by atoms with Crippen LogP contribution in [0.2, 0.25) is 0 Å². The van der Waals surface area contributed by atoms with Gasteiger partial charge < -0.3 is 15.2 Å². The maximum absolute atomic E-state index is 6.11. The average Bonchev–Trinajstić information content (AvgIpc) is 3.19. The van der Waals surface area contributed by atoms with Crippen molar-refractivity contribution in [3.8, 4) is 0 Å². The molecule has 0 bridgehead atoms. The first-order valence-electron chi connectivity index (χ1n) is 7.83. The van der Waals surface area contributed by atoms with Gasteiger partial charge in [0.25, 0.3) is 0 Å². The maximum Gasteiger partial charge on any atom is 0.0951 e. The molecule has 2 aliphatic rings. The summed E-state index contributed by atoms with van der Waals surface area (Å²) >= 11 is 0. The Morgan fingerprint density at radius 2 is 2.20 bits per heavy atom. The first-order chi connectivity index (χ1) is 9.70. The van der Waals surface area contributed by atoms with Crippen molar-refractivity contribution in [3.05, 3.63) is 18.2 Å². The van der Waals surface area contributed by atoms with Gasteiger partial charge in [-0.25, -0.2) is 4.98 Å². The highest BCUT2D eigenvalue weighted by Crippen LogP contribution is 2.38. The van der Waals surface area contributed by atoms with Crippen LogP contribution in [0.1, 0.15) is 43.5 Å². The minimum absolute atomic E-state index is 0.320. The summed E-state index contributed by atoms with van der Waals surface area (Å²) in [6, 6.07) is 1.65. The lowest BCUT2D eigenvalue weighted by Gasteiger charge is -2.40. The van der Waals surface area contributed by atoms with Crippen molar-refractivity contribution in [2.75, 3.05) is 33.7 Å². The van der Waals surface area contributed by atoms with Crippen molar-refractivity contribution in [1.29, 1.82) is 0 Å². The molecule has 2 unspecified atom stereocenters. The monoisotopic (exact) mass is 277 g/mol. The zero-order valence-electron chi connectivity index (χ0n) is 12.7. The van der Waals surface area contributed by atoms with Crippen LogP contribution in [0.5, 0.6) is 0 Å². The number of rotatable bonds is 5. The van der Waals surface area contributed by atoms with Crippen LogP contribution in [-0.4, -0.2) is 59.1 Å². The van der Waals surface area contributed by atoms with E-state index in [-0.39, 0.29) is 0 Å². The van der Waals surface area contributed by atoms with Crippen molar-refractivity contribution in [3.63, 3.8) is 0 Å². The molecule has 2 heterocycles. The van der Waals surface area contributed by atoms with Gasteiger partial charge in [-0.05, 0) is 46.3 Å². The lowest BCUT2D eigenvalue weighted by molar-refractivity contribution is 0.0952. The molecule has 1 saturated heterocycles. The highest BCUT2D eigenvalue weighted by molar-refractivity contribution is 5.10. The summed E-state index contributed by atoms with van der Waals surface area (Å²) < 4.78 is 2.36. The molecule has 0 spiro atoms. The van der Waals surface area contributed by atoms with Crippen molar-refractivity contribution in [2.45, 2.75) is 43.8 Å². The van der Waals surface area contributed by atoms with Crippen LogP contribution in [0.3, 0.4) is 0 Å². The number of imidazole rings is 1. The summed E-state index contributed by atoms with van der Waals surface area (Å²) in [5.74, 6) is 0. The van der Waals surface area contributed by atoms with Crippen molar-refractivity contribution in [2.24, 2.45) is 5.73 Å². The third-order valence-electron chi connectivity index (χ3n) is 4.80. The topological polar surface area (TPSA) is 50.3 Å². The van der Waals surface area contributed by atoms with E-state index in [2.05, 4.69) is 33.4 Å². The van der Waals surface area contributed by atoms with E-state index in [1.165, 1.54) is 31.4 Å². The molecule has 2 N–H and O–H groups in total. The molecule has 2 atom stereocenters. The quantitative estimate of drug-likeness (QED) is 0.880. The highest BCUT2D eigenvalue weighted by Gasteiger charge is 2.32. The Labute approximate surface area is 121 Å². The Kier molecular flexibility index (Phi) is 4.10. The number of piperidine rings is 1. The van der Waals surface area contributed by atoms with Crippen molar-refractivity contribution < 1.29 is 0 Å². The summed E-state index contributed by atoms with van der Waals surface area (Å²) in [5.41, 5.74) is 7.42. The molecule has 0 aromatic carbocycles. The van der Waals surface area contributed by atoms with Gasteiger partial charge in [-0.2, -0.15) is 0 Å². The van der Waals surface area contributed by atoms with Gasteiger partial charge in [0.2, 0.25) is 0 Å². The average molecular weight is 277 g/mol. The number of aromatic nitrogens is 2.